The fourth-order valence-electron chi connectivity index (χ4n) is 3.61. The molecule has 1 aliphatic rings. The lowest BCUT2D eigenvalue weighted by Crippen LogP contribution is -2.21. The molecule has 0 saturated heterocycles. The fraction of sp³-hybridized carbons (Fsp3) is 0.143. The normalized spacial score (nSPS) is 15.6. The molecule has 1 aliphatic heterocycles. The van der Waals surface area contributed by atoms with Gasteiger partial charge in [0.25, 0.3) is 0 Å². The summed E-state index contributed by atoms with van der Waals surface area (Å²) in [4.78, 5) is 2.41. The summed E-state index contributed by atoms with van der Waals surface area (Å²) in [6.45, 7) is 4.18. The Morgan fingerprint density at radius 3 is 2.62 bits per heavy atom. The van der Waals surface area contributed by atoms with Gasteiger partial charge in [-0.1, -0.05) is 29.3 Å². The van der Waals surface area contributed by atoms with Gasteiger partial charge in [-0.15, -0.1) is 11.3 Å². The molecule has 0 bridgehead atoms. The van der Waals surface area contributed by atoms with E-state index in [-0.39, 0.29) is 6.23 Å². The molecule has 0 radical (unpaired) electrons. The van der Waals surface area contributed by atoms with Gasteiger partial charge in [-0.3, -0.25) is 4.57 Å². The molecule has 130 valence electrons. The highest BCUT2D eigenvalue weighted by molar-refractivity contribution is 7.12. The number of rotatable bonds is 1. The molecule has 0 N–H and O–H groups in total. The number of ether oxygens (including phenoxy) is 1. The Morgan fingerprint density at radius 2 is 1.85 bits per heavy atom. The van der Waals surface area contributed by atoms with Crippen LogP contribution in [0.3, 0.4) is 0 Å². The second kappa shape index (κ2) is 5.78. The first kappa shape index (κ1) is 16.2. The van der Waals surface area contributed by atoms with Crippen molar-refractivity contribution >= 4 is 45.4 Å². The molecule has 0 aliphatic carbocycles. The van der Waals surface area contributed by atoms with Gasteiger partial charge in [-0.05, 0) is 61.9 Å². The lowest BCUT2D eigenvalue weighted by molar-refractivity contribution is 0.177. The molecule has 0 amide bonds. The molecule has 0 saturated carbocycles. The summed E-state index contributed by atoms with van der Waals surface area (Å²) in [6.07, 6.45) is -0.242. The summed E-state index contributed by atoms with van der Waals surface area (Å²) in [5, 5.41) is 2.34. The van der Waals surface area contributed by atoms with E-state index in [0.29, 0.717) is 10.0 Å². The Bertz CT molecular complexity index is 1170. The largest absolute Gasteiger partial charge is 0.464 e. The lowest BCUT2D eigenvalue weighted by atomic mass is 10.1. The van der Waals surface area contributed by atoms with Crippen LogP contribution in [0.5, 0.6) is 5.75 Å². The molecule has 2 aromatic heterocycles. The van der Waals surface area contributed by atoms with Crippen LogP contribution in [0.15, 0.2) is 48.5 Å². The standard InChI is InChI=1S/C21H15Cl2NOS/c1-11-3-6-14-17(9-11)25-21(18-8-4-12(2)26-18)24-16-7-5-13(22)10-15(16)19(23)20(14)24/h3-10,21H,1-2H3. The minimum Gasteiger partial charge on any atom is -0.464 e. The molecule has 1 atom stereocenters. The lowest BCUT2D eigenvalue weighted by Gasteiger charge is -2.29. The summed E-state index contributed by atoms with van der Waals surface area (Å²) < 4.78 is 8.66. The first-order chi connectivity index (χ1) is 12.5. The predicted octanol–water partition coefficient (Wildman–Crippen LogP) is 7.23. The quantitative estimate of drug-likeness (QED) is 0.329. The van der Waals surface area contributed by atoms with Gasteiger partial charge < -0.3 is 4.74 Å². The van der Waals surface area contributed by atoms with E-state index in [4.69, 9.17) is 27.9 Å². The third-order valence-electron chi connectivity index (χ3n) is 4.77. The van der Waals surface area contributed by atoms with Gasteiger partial charge in [0.15, 0.2) is 0 Å². The summed E-state index contributed by atoms with van der Waals surface area (Å²) in [5.41, 5.74) is 4.18. The Morgan fingerprint density at radius 1 is 1.00 bits per heavy atom. The van der Waals surface area contributed by atoms with Crippen LogP contribution < -0.4 is 4.74 Å². The highest BCUT2D eigenvalue weighted by Gasteiger charge is 2.32. The zero-order valence-corrected chi connectivity index (χ0v) is 16.5. The Kier molecular flexibility index (Phi) is 3.61. The van der Waals surface area contributed by atoms with Gasteiger partial charge in [-0.25, -0.2) is 0 Å². The summed E-state index contributed by atoms with van der Waals surface area (Å²) >= 11 is 14.8. The van der Waals surface area contributed by atoms with E-state index in [1.165, 1.54) is 4.88 Å². The fourth-order valence-corrected chi connectivity index (χ4v) is 5.02. The third kappa shape index (κ3) is 2.31. The molecule has 26 heavy (non-hydrogen) atoms. The van der Waals surface area contributed by atoms with E-state index in [2.05, 4.69) is 48.7 Å². The van der Waals surface area contributed by atoms with Crippen LogP contribution in [0, 0.1) is 13.8 Å². The second-order valence-electron chi connectivity index (χ2n) is 6.61. The number of halogens is 2. The van der Waals surface area contributed by atoms with E-state index >= 15 is 0 Å². The minimum absolute atomic E-state index is 0.242. The molecule has 5 heteroatoms. The van der Waals surface area contributed by atoms with Gasteiger partial charge in [0, 0.05) is 20.8 Å². The SMILES string of the molecule is Cc1ccc2c(c1)OC(c1ccc(C)s1)n1c-2c(Cl)c2cc(Cl)ccc21. The number of fused-ring (bicyclic) bond motifs is 5. The molecule has 2 nitrogen and oxygen atoms in total. The van der Waals surface area contributed by atoms with Crippen molar-refractivity contribution in [1.29, 1.82) is 0 Å². The topological polar surface area (TPSA) is 14.2 Å². The number of aryl methyl sites for hydroxylation is 2. The highest BCUT2D eigenvalue weighted by atomic mass is 35.5. The van der Waals surface area contributed by atoms with Gasteiger partial charge in [-0.2, -0.15) is 0 Å². The zero-order chi connectivity index (χ0) is 18.0. The molecule has 0 spiro atoms. The maximum absolute atomic E-state index is 6.84. The van der Waals surface area contributed by atoms with Crippen molar-refractivity contribution in [3.8, 4) is 17.0 Å². The average Bonchev–Trinajstić information content (AvgIpc) is 3.16. The van der Waals surface area contributed by atoms with Crippen LogP contribution in [-0.2, 0) is 0 Å². The smallest absolute Gasteiger partial charge is 0.212 e. The summed E-state index contributed by atoms with van der Waals surface area (Å²) in [7, 11) is 0. The number of hydrogen-bond donors (Lipinski definition) is 0. The van der Waals surface area contributed by atoms with Crippen molar-refractivity contribution in [2.45, 2.75) is 20.1 Å². The van der Waals surface area contributed by atoms with Crippen LogP contribution >= 0.6 is 34.5 Å². The van der Waals surface area contributed by atoms with Gasteiger partial charge in [0.2, 0.25) is 6.23 Å². The van der Waals surface area contributed by atoms with Gasteiger partial charge >= 0.3 is 0 Å². The second-order valence-corrected chi connectivity index (χ2v) is 8.75. The number of aromatic nitrogens is 1. The van der Waals surface area contributed by atoms with Crippen LogP contribution in [0.2, 0.25) is 10.0 Å². The molecular formula is C21H15Cl2NOS. The number of thiophene rings is 1. The van der Waals surface area contributed by atoms with E-state index in [9.17, 15) is 0 Å². The van der Waals surface area contributed by atoms with Crippen molar-refractivity contribution in [2.24, 2.45) is 0 Å². The third-order valence-corrected chi connectivity index (χ3v) is 6.42. The van der Waals surface area contributed by atoms with E-state index in [0.717, 1.165) is 38.4 Å². The summed E-state index contributed by atoms with van der Waals surface area (Å²) in [6, 6.07) is 16.3. The monoisotopic (exact) mass is 399 g/mol. The van der Waals surface area contributed by atoms with E-state index in [1.807, 2.05) is 18.2 Å². The van der Waals surface area contributed by atoms with Gasteiger partial charge in [0.1, 0.15) is 5.75 Å². The summed E-state index contributed by atoms with van der Waals surface area (Å²) in [5.74, 6) is 0.865. The van der Waals surface area contributed by atoms with Crippen molar-refractivity contribution in [3.63, 3.8) is 0 Å². The van der Waals surface area contributed by atoms with E-state index < -0.39 is 0 Å². The van der Waals surface area contributed by atoms with Crippen LogP contribution in [-0.4, -0.2) is 4.57 Å². The Balaban J connectivity index is 1.88. The van der Waals surface area contributed by atoms with Crippen molar-refractivity contribution in [2.75, 3.05) is 0 Å². The molecule has 2 aromatic carbocycles. The van der Waals surface area contributed by atoms with E-state index in [1.54, 1.807) is 11.3 Å². The molecule has 0 fully saturated rings. The van der Waals surface area contributed by atoms with Crippen LogP contribution in [0.25, 0.3) is 22.2 Å². The van der Waals surface area contributed by atoms with Crippen molar-refractivity contribution < 1.29 is 4.74 Å². The Labute approximate surface area is 165 Å². The van der Waals surface area contributed by atoms with Gasteiger partial charge in [0.05, 0.1) is 21.1 Å². The highest BCUT2D eigenvalue weighted by Crippen LogP contribution is 2.49. The maximum atomic E-state index is 6.84. The van der Waals surface area contributed by atoms with Crippen LogP contribution in [0.4, 0.5) is 0 Å². The molecule has 5 rings (SSSR count). The first-order valence-electron chi connectivity index (χ1n) is 8.36. The number of benzene rings is 2. The zero-order valence-electron chi connectivity index (χ0n) is 14.2. The molecule has 4 aromatic rings. The van der Waals surface area contributed by atoms with Crippen molar-refractivity contribution in [3.05, 3.63) is 73.9 Å². The Hall–Kier alpha value is -1.94. The number of nitrogens with zero attached hydrogens (tertiary/aromatic N) is 1. The van der Waals surface area contributed by atoms with Crippen molar-refractivity contribution in [1.82, 2.24) is 4.57 Å². The predicted molar refractivity (Wildman–Crippen MR) is 110 cm³/mol. The molecular weight excluding hydrogens is 385 g/mol. The first-order valence-corrected chi connectivity index (χ1v) is 9.93. The molecule has 1 unspecified atom stereocenters. The van der Waals surface area contributed by atoms with Crippen LogP contribution in [0.1, 0.15) is 21.5 Å². The minimum atomic E-state index is -0.242. The number of hydrogen-bond acceptors (Lipinski definition) is 2. The maximum Gasteiger partial charge on any atom is 0.212 e. The average molecular weight is 400 g/mol. The molecule has 3 heterocycles.